The second-order valence-corrected chi connectivity index (χ2v) is 4.91. The molecule has 0 aromatic heterocycles. The molecule has 3 N–H and O–H groups in total. The molecule has 0 saturated heterocycles. The molecule has 3 heteroatoms. The second-order valence-electron chi connectivity index (χ2n) is 4.91. The Labute approximate surface area is 86.8 Å². The number of rotatable bonds is 4. The first kappa shape index (κ1) is 13.2. The summed E-state index contributed by atoms with van der Waals surface area (Å²) < 4.78 is 0. The summed E-state index contributed by atoms with van der Waals surface area (Å²) in [7, 11) is 0. The van der Waals surface area contributed by atoms with Gasteiger partial charge in [-0.1, -0.05) is 32.9 Å². The zero-order chi connectivity index (χ0) is 11.4. The van der Waals surface area contributed by atoms with Gasteiger partial charge in [-0.2, -0.15) is 0 Å². The van der Waals surface area contributed by atoms with Crippen LogP contribution < -0.4 is 11.1 Å². The van der Waals surface area contributed by atoms with E-state index in [1.54, 1.807) is 0 Å². The van der Waals surface area contributed by atoms with E-state index in [4.69, 9.17) is 5.73 Å². The van der Waals surface area contributed by atoms with Crippen molar-refractivity contribution in [1.29, 1.82) is 0 Å². The summed E-state index contributed by atoms with van der Waals surface area (Å²) in [5.41, 5.74) is 6.79. The first-order chi connectivity index (χ1) is 6.23. The van der Waals surface area contributed by atoms with E-state index < -0.39 is 0 Å². The van der Waals surface area contributed by atoms with Crippen LogP contribution in [0.3, 0.4) is 0 Å². The summed E-state index contributed by atoms with van der Waals surface area (Å²) in [5.74, 6) is -0.00424. The zero-order valence-corrected chi connectivity index (χ0v) is 9.68. The van der Waals surface area contributed by atoms with E-state index in [1.165, 1.54) is 0 Å². The van der Waals surface area contributed by atoms with Crippen LogP contribution in [0.25, 0.3) is 0 Å². The normalized spacial score (nSPS) is 13.5. The lowest BCUT2D eigenvalue weighted by molar-refractivity contribution is -0.121. The van der Waals surface area contributed by atoms with Crippen molar-refractivity contribution in [3.8, 4) is 0 Å². The average Bonchev–Trinajstić information content (AvgIpc) is 1.99. The molecule has 0 aliphatic rings. The molecule has 0 saturated carbocycles. The molecule has 82 valence electrons. The minimum absolute atomic E-state index is 0.00424. The predicted octanol–water partition coefficient (Wildman–Crippen LogP) is 1.44. The van der Waals surface area contributed by atoms with Gasteiger partial charge in [-0.25, -0.2) is 0 Å². The summed E-state index contributed by atoms with van der Waals surface area (Å²) >= 11 is 0. The molecular weight excluding hydrogens is 176 g/mol. The molecule has 0 spiro atoms. The highest BCUT2D eigenvalue weighted by atomic mass is 16.1. The zero-order valence-electron chi connectivity index (χ0n) is 9.68. The van der Waals surface area contributed by atoms with Crippen molar-refractivity contribution < 1.29 is 4.79 Å². The molecule has 0 aromatic carbocycles. The number of carbonyl (C=O) groups excluding carboxylic acids is 1. The van der Waals surface area contributed by atoms with Crippen LogP contribution in [0.2, 0.25) is 0 Å². The van der Waals surface area contributed by atoms with Gasteiger partial charge in [0, 0.05) is 19.0 Å². The third kappa shape index (κ3) is 5.75. The van der Waals surface area contributed by atoms with Gasteiger partial charge in [-0.05, 0) is 12.3 Å². The van der Waals surface area contributed by atoms with Gasteiger partial charge >= 0.3 is 0 Å². The van der Waals surface area contributed by atoms with Crippen molar-refractivity contribution in [2.24, 2.45) is 11.1 Å². The van der Waals surface area contributed by atoms with Gasteiger partial charge in [0.1, 0.15) is 0 Å². The number of nitrogens with one attached hydrogen (secondary N) is 1. The summed E-state index contributed by atoms with van der Waals surface area (Å²) in [4.78, 5) is 11.4. The maximum absolute atomic E-state index is 11.4. The Balaban J connectivity index is 3.89. The Morgan fingerprint density at radius 1 is 1.50 bits per heavy atom. The fourth-order valence-corrected chi connectivity index (χ4v) is 0.828. The van der Waals surface area contributed by atoms with Crippen LogP contribution in [0.4, 0.5) is 0 Å². The van der Waals surface area contributed by atoms with E-state index in [9.17, 15) is 4.79 Å². The van der Waals surface area contributed by atoms with Gasteiger partial charge in [0.25, 0.3) is 0 Å². The Hall–Kier alpha value is -0.830. The average molecular weight is 198 g/mol. The molecule has 1 unspecified atom stereocenters. The Bertz CT molecular complexity index is 216. The van der Waals surface area contributed by atoms with Gasteiger partial charge in [-0.15, -0.1) is 0 Å². The van der Waals surface area contributed by atoms with Crippen LogP contribution in [0.1, 0.15) is 34.1 Å². The molecule has 3 nitrogen and oxygen atoms in total. The predicted molar refractivity (Wildman–Crippen MR) is 59.9 cm³/mol. The lowest BCUT2D eigenvalue weighted by atomic mass is 9.85. The van der Waals surface area contributed by atoms with Crippen LogP contribution >= 0.6 is 0 Å². The minimum atomic E-state index is -0.104. The van der Waals surface area contributed by atoms with Crippen LogP contribution in [0.5, 0.6) is 0 Å². The molecule has 0 fully saturated rings. The highest BCUT2D eigenvalue weighted by molar-refractivity contribution is 5.76. The quantitative estimate of drug-likeness (QED) is 0.672. The van der Waals surface area contributed by atoms with Crippen LogP contribution in [-0.4, -0.2) is 18.5 Å². The van der Waals surface area contributed by atoms with Gasteiger partial charge < -0.3 is 11.1 Å². The minimum Gasteiger partial charge on any atom is -0.352 e. The monoisotopic (exact) mass is 198 g/mol. The Kier molecular flexibility index (Phi) is 4.85. The lowest BCUT2D eigenvalue weighted by Crippen LogP contribution is -2.40. The van der Waals surface area contributed by atoms with Gasteiger partial charge in [0.2, 0.25) is 5.91 Å². The van der Waals surface area contributed by atoms with Crippen molar-refractivity contribution >= 4 is 5.91 Å². The third-order valence-corrected chi connectivity index (χ3v) is 2.11. The summed E-state index contributed by atoms with van der Waals surface area (Å²) in [5, 5.41) is 2.77. The van der Waals surface area contributed by atoms with Crippen LogP contribution in [-0.2, 0) is 4.79 Å². The summed E-state index contributed by atoms with van der Waals surface area (Å²) in [6.07, 6.45) is 0.372. The molecule has 0 bridgehead atoms. The van der Waals surface area contributed by atoms with E-state index in [0.29, 0.717) is 13.0 Å². The van der Waals surface area contributed by atoms with Crippen molar-refractivity contribution in [3.63, 3.8) is 0 Å². The molecule has 0 aliphatic heterocycles. The topological polar surface area (TPSA) is 55.1 Å². The van der Waals surface area contributed by atoms with E-state index in [-0.39, 0.29) is 17.4 Å². The highest BCUT2D eigenvalue weighted by Crippen LogP contribution is 2.19. The molecule has 0 heterocycles. The Morgan fingerprint density at radius 2 is 2.00 bits per heavy atom. The Morgan fingerprint density at radius 3 is 2.36 bits per heavy atom. The molecule has 0 radical (unpaired) electrons. The van der Waals surface area contributed by atoms with E-state index in [2.05, 4.69) is 11.9 Å². The van der Waals surface area contributed by atoms with E-state index in [0.717, 1.165) is 5.57 Å². The maximum atomic E-state index is 11.4. The smallest absolute Gasteiger partial charge is 0.221 e. The highest BCUT2D eigenvalue weighted by Gasteiger charge is 2.22. The SMILES string of the molecule is C=C(C)CNC(=O)CC(N)C(C)(C)C. The maximum Gasteiger partial charge on any atom is 0.221 e. The first-order valence-corrected chi connectivity index (χ1v) is 4.90. The molecule has 0 aliphatic carbocycles. The number of hydrogen-bond donors (Lipinski definition) is 2. The third-order valence-electron chi connectivity index (χ3n) is 2.11. The standard InChI is InChI=1S/C11H22N2O/c1-8(2)7-13-10(14)6-9(12)11(3,4)5/h9H,1,6-7,12H2,2-5H3,(H,13,14). The van der Waals surface area contributed by atoms with Crippen LogP contribution in [0.15, 0.2) is 12.2 Å². The second kappa shape index (κ2) is 5.15. The van der Waals surface area contributed by atoms with Gasteiger partial charge in [0.05, 0.1) is 0 Å². The van der Waals surface area contributed by atoms with Crippen molar-refractivity contribution in [2.75, 3.05) is 6.54 Å². The van der Waals surface area contributed by atoms with Crippen LogP contribution in [0, 0.1) is 5.41 Å². The van der Waals surface area contributed by atoms with Crippen molar-refractivity contribution in [3.05, 3.63) is 12.2 Å². The summed E-state index contributed by atoms with van der Waals surface area (Å²) in [6.45, 7) is 12.2. The molecule has 14 heavy (non-hydrogen) atoms. The van der Waals surface area contributed by atoms with Gasteiger partial charge in [0.15, 0.2) is 0 Å². The molecule has 1 atom stereocenters. The van der Waals surface area contributed by atoms with E-state index in [1.807, 2.05) is 27.7 Å². The number of hydrogen-bond acceptors (Lipinski definition) is 2. The van der Waals surface area contributed by atoms with Gasteiger partial charge in [-0.3, -0.25) is 4.79 Å². The van der Waals surface area contributed by atoms with E-state index >= 15 is 0 Å². The molecule has 1 amide bonds. The number of amides is 1. The number of carbonyl (C=O) groups is 1. The largest absolute Gasteiger partial charge is 0.352 e. The molecular formula is C11H22N2O. The number of nitrogens with two attached hydrogens (primary N) is 1. The molecule has 0 rings (SSSR count). The fraction of sp³-hybridized carbons (Fsp3) is 0.727. The van der Waals surface area contributed by atoms with Crippen molar-refractivity contribution in [1.82, 2.24) is 5.32 Å². The summed E-state index contributed by atoms with van der Waals surface area (Å²) in [6, 6.07) is -0.104. The lowest BCUT2D eigenvalue weighted by Gasteiger charge is -2.26. The fourth-order valence-electron chi connectivity index (χ4n) is 0.828. The molecule has 0 aromatic rings. The van der Waals surface area contributed by atoms with Crippen molar-refractivity contribution in [2.45, 2.75) is 40.2 Å². The first-order valence-electron chi connectivity index (χ1n) is 4.90.